The van der Waals surface area contributed by atoms with E-state index in [0.717, 1.165) is 30.7 Å². The molecule has 136 valence electrons. The zero-order chi connectivity index (χ0) is 17.9. The van der Waals surface area contributed by atoms with Gasteiger partial charge < -0.3 is 14.5 Å². The van der Waals surface area contributed by atoms with Crippen molar-refractivity contribution in [1.29, 1.82) is 0 Å². The summed E-state index contributed by atoms with van der Waals surface area (Å²) in [6, 6.07) is 5.87. The van der Waals surface area contributed by atoms with Gasteiger partial charge in [0.05, 0.1) is 24.4 Å². The molecule has 1 aromatic rings. The highest BCUT2D eigenvalue weighted by atomic mass is 16.5. The molecular weight excluding hydrogens is 318 g/mol. The molecule has 1 spiro atoms. The predicted molar refractivity (Wildman–Crippen MR) is 93.8 cm³/mol. The first kappa shape index (κ1) is 17.9. The largest absolute Gasteiger partial charge is 0.363 e. The lowest BCUT2D eigenvalue weighted by Crippen LogP contribution is -2.59. The van der Waals surface area contributed by atoms with Crippen LogP contribution in [0.1, 0.15) is 44.0 Å². The minimum Gasteiger partial charge on any atom is -0.363 e. The monoisotopic (exact) mass is 345 g/mol. The minimum absolute atomic E-state index is 0.0124. The number of nitrogens with zero attached hydrogens (tertiary/aromatic N) is 3. The zero-order valence-electron chi connectivity index (χ0n) is 15.2. The lowest BCUT2D eigenvalue weighted by molar-refractivity contribution is -0.174. The maximum atomic E-state index is 12.3. The van der Waals surface area contributed by atoms with Crippen LogP contribution in [0.4, 0.5) is 0 Å². The van der Waals surface area contributed by atoms with Crippen molar-refractivity contribution in [2.45, 2.75) is 51.7 Å². The normalized spacial score (nSPS) is 20.2. The molecular formula is C19H27N3O3. The van der Waals surface area contributed by atoms with E-state index in [1.165, 1.54) is 0 Å². The van der Waals surface area contributed by atoms with Gasteiger partial charge in [-0.3, -0.25) is 14.6 Å². The number of aryl methyl sites for hydroxylation is 1. The van der Waals surface area contributed by atoms with Gasteiger partial charge in [0.1, 0.15) is 6.61 Å². The fourth-order valence-corrected chi connectivity index (χ4v) is 3.65. The van der Waals surface area contributed by atoms with Crippen molar-refractivity contribution < 1.29 is 14.3 Å². The molecule has 0 unspecified atom stereocenters. The van der Waals surface area contributed by atoms with Crippen LogP contribution >= 0.6 is 0 Å². The molecule has 3 heterocycles. The molecule has 0 atom stereocenters. The van der Waals surface area contributed by atoms with Gasteiger partial charge in [-0.2, -0.15) is 0 Å². The molecule has 0 saturated carbocycles. The van der Waals surface area contributed by atoms with Crippen molar-refractivity contribution in [2.75, 3.05) is 26.2 Å². The lowest BCUT2D eigenvalue weighted by atomic mass is 9.89. The molecule has 0 radical (unpaired) electrons. The third kappa shape index (κ3) is 4.18. The number of carbonyl (C=O) groups excluding carboxylic acids is 2. The van der Waals surface area contributed by atoms with E-state index in [1.54, 1.807) is 0 Å². The molecule has 1 aromatic heterocycles. The highest BCUT2D eigenvalue weighted by Crippen LogP contribution is 2.31. The van der Waals surface area contributed by atoms with Gasteiger partial charge in [-0.25, -0.2) is 0 Å². The first-order valence-electron chi connectivity index (χ1n) is 9.13. The number of aromatic nitrogens is 1. The van der Waals surface area contributed by atoms with Crippen molar-refractivity contribution in [3.63, 3.8) is 0 Å². The van der Waals surface area contributed by atoms with Gasteiger partial charge >= 0.3 is 0 Å². The molecule has 2 aliphatic rings. The van der Waals surface area contributed by atoms with Crippen LogP contribution in [0.2, 0.25) is 0 Å². The summed E-state index contributed by atoms with van der Waals surface area (Å²) in [5.41, 5.74) is 1.54. The summed E-state index contributed by atoms with van der Waals surface area (Å²) < 4.78 is 5.95. The average Bonchev–Trinajstić information content (AvgIpc) is 2.59. The van der Waals surface area contributed by atoms with Gasteiger partial charge in [-0.1, -0.05) is 13.0 Å². The Morgan fingerprint density at radius 2 is 2.08 bits per heavy atom. The number of ether oxygens (including phenoxy) is 1. The number of morpholine rings is 1. The molecule has 0 aliphatic carbocycles. The van der Waals surface area contributed by atoms with E-state index in [4.69, 9.17) is 4.74 Å². The molecule has 2 amide bonds. The van der Waals surface area contributed by atoms with Crippen LogP contribution < -0.4 is 0 Å². The van der Waals surface area contributed by atoms with Crippen LogP contribution in [-0.2, 0) is 20.9 Å². The Balaban J connectivity index is 1.63. The quantitative estimate of drug-likeness (QED) is 0.836. The average molecular weight is 345 g/mol. The smallest absolute Gasteiger partial charge is 0.249 e. The summed E-state index contributed by atoms with van der Waals surface area (Å²) in [4.78, 5) is 32.6. The molecule has 25 heavy (non-hydrogen) atoms. The maximum absolute atomic E-state index is 12.3. The van der Waals surface area contributed by atoms with E-state index in [-0.39, 0.29) is 24.0 Å². The van der Waals surface area contributed by atoms with Gasteiger partial charge in [0, 0.05) is 25.2 Å². The molecule has 0 bridgehead atoms. The number of amides is 2. The maximum Gasteiger partial charge on any atom is 0.249 e. The second kappa shape index (κ2) is 7.52. The van der Waals surface area contributed by atoms with Crippen LogP contribution in [0.15, 0.2) is 18.2 Å². The Labute approximate surface area is 149 Å². The molecule has 0 N–H and O–H groups in total. The van der Waals surface area contributed by atoms with Crippen LogP contribution in [0, 0.1) is 6.92 Å². The SMILES string of the molecule is CCCC(=O)N1CCC2(CC1)CN(Cc1cccc(C)n1)C(=O)CO2. The number of carbonyl (C=O) groups is 2. The Bertz CT molecular complexity index is 639. The van der Waals surface area contributed by atoms with Gasteiger partial charge in [-0.05, 0) is 38.3 Å². The Kier molecular flexibility index (Phi) is 5.37. The third-order valence-corrected chi connectivity index (χ3v) is 5.12. The number of hydrogen-bond acceptors (Lipinski definition) is 4. The molecule has 6 nitrogen and oxygen atoms in total. The topological polar surface area (TPSA) is 62.7 Å². The van der Waals surface area contributed by atoms with Crippen molar-refractivity contribution in [3.8, 4) is 0 Å². The first-order valence-corrected chi connectivity index (χ1v) is 9.13. The van der Waals surface area contributed by atoms with Crippen molar-refractivity contribution in [1.82, 2.24) is 14.8 Å². The molecule has 3 rings (SSSR count). The number of piperidine rings is 1. The lowest BCUT2D eigenvalue weighted by Gasteiger charge is -2.47. The van der Waals surface area contributed by atoms with Crippen LogP contribution in [-0.4, -0.2) is 58.4 Å². The first-order chi connectivity index (χ1) is 12.0. The number of hydrogen-bond donors (Lipinski definition) is 0. The minimum atomic E-state index is -0.319. The van der Waals surface area contributed by atoms with Crippen LogP contribution in [0.5, 0.6) is 0 Å². The van der Waals surface area contributed by atoms with Crippen molar-refractivity contribution >= 4 is 11.8 Å². The number of likely N-dealkylation sites (tertiary alicyclic amines) is 1. The highest BCUT2D eigenvalue weighted by Gasteiger charge is 2.42. The summed E-state index contributed by atoms with van der Waals surface area (Å²) in [6.07, 6.45) is 3.06. The van der Waals surface area contributed by atoms with Crippen LogP contribution in [0.3, 0.4) is 0 Å². The van der Waals surface area contributed by atoms with E-state index in [1.807, 2.05) is 41.8 Å². The zero-order valence-corrected chi connectivity index (χ0v) is 15.2. The summed E-state index contributed by atoms with van der Waals surface area (Å²) in [6.45, 7) is 6.62. The van der Waals surface area contributed by atoms with E-state index in [9.17, 15) is 9.59 Å². The number of rotatable bonds is 4. The fraction of sp³-hybridized carbons (Fsp3) is 0.632. The van der Waals surface area contributed by atoms with E-state index in [2.05, 4.69) is 4.98 Å². The second-order valence-corrected chi connectivity index (χ2v) is 7.12. The predicted octanol–water partition coefficient (Wildman–Crippen LogP) is 1.91. The number of pyridine rings is 1. The Hall–Kier alpha value is -1.95. The summed E-state index contributed by atoms with van der Waals surface area (Å²) in [7, 11) is 0. The Morgan fingerprint density at radius 3 is 2.76 bits per heavy atom. The standard InChI is InChI=1S/C19H27N3O3/c1-3-5-17(23)21-10-8-19(9-11-21)14-22(18(24)13-25-19)12-16-7-4-6-15(2)20-16/h4,6-7H,3,5,8-14H2,1-2H3. The molecule has 6 heteroatoms. The molecule has 2 fully saturated rings. The van der Waals surface area contributed by atoms with Gasteiger partial charge in [0.15, 0.2) is 0 Å². The summed E-state index contributed by atoms with van der Waals surface area (Å²) in [5, 5.41) is 0. The molecule has 0 aromatic carbocycles. The van der Waals surface area contributed by atoms with Gasteiger partial charge in [0.25, 0.3) is 0 Å². The van der Waals surface area contributed by atoms with Gasteiger partial charge in [-0.15, -0.1) is 0 Å². The molecule has 2 aliphatic heterocycles. The van der Waals surface area contributed by atoms with E-state index < -0.39 is 0 Å². The van der Waals surface area contributed by atoms with E-state index in [0.29, 0.717) is 32.6 Å². The van der Waals surface area contributed by atoms with Crippen LogP contribution in [0.25, 0.3) is 0 Å². The van der Waals surface area contributed by atoms with Gasteiger partial charge in [0.2, 0.25) is 11.8 Å². The summed E-state index contributed by atoms with van der Waals surface area (Å²) in [5.74, 6) is 0.239. The van der Waals surface area contributed by atoms with E-state index >= 15 is 0 Å². The fourth-order valence-electron chi connectivity index (χ4n) is 3.65. The summed E-state index contributed by atoms with van der Waals surface area (Å²) >= 11 is 0. The van der Waals surface area contributed by atoms with Crippen molar-refractivity contribution in [2.24, 2.45) is 0 Å². The Morgan fingerprint density at radius 1 is 1.32 bits per heavy atom. The van der Waals surface area contributed by atoms with Crippen molar-refractivity contribution in [3.05, 3.63) is 29.6 Å². The second-order valence-electron chi connectivity index (χ2n) is 7.12. The third-order valence-electron chi connectivity index (χ3n) is 5.12. The molecule has 2 saturated heterocycles. The highest BCUT2D eigenvalue weighted by molar-refractivity contribution is 5.78.